The minimum Gasteiger partial charge on any atom is -0.328 e. The van der Waals surface area contributed by atoms with Crippen LogP contribution in [0.1, 0.15) is 19.8 Å². The summed E-state index contributed by atoms with van der Waals surface area (Å²) in [6.07, 6.45) is 2.57. The second-order valence-electron chi connectivity index (χ2n) is 5.42. The van der Waals surface area contributed by atoms with Gasteiger partial charge < -0.3 is 9.55 Å². The molecular formula is C14H18FN3S. The molecule has 1 aromatic carbocycles. The van der Waals surface area contributed by atoms with E-state index in [0.29, 0.717) is 22.4 Å². The summed E-state index contributed by atoms with van der Waals surface area (Å²) in [5, 5.41) is 0. The van der Waals surface area contributed by atoms with Crippen LogP contribution >= 0.6 is 12.2 Å². The first-order valence-electron chi connectivity index (χ1n) is 6.67. The largest absolute Gasteiger partial charge is 0.328 e. The highest BCUT2D eigenvalue weighted by atomic mass is 32.1. The number of hydrogen-bond acceptors (Lipinski definition) is 2. The third-order valence-electron chi connectivity index (χ3n) is 4.02. The minimum atomic E-state index is -0.245. The zero-order chi connectivity index (χ0) is 13.6. The van der Waals surface area contributed by atoms with Crippen LogP contribution in [-0.2, 0) is 6.54 Å². The van der Waals surface area contributed by atoms with Gasteiger partial charge in [0, 0.05) is 18.6 Å². The Labute approximate surface area is 117 Å². The molecule has 3 rings (SSSR count). The summed E-state index contributed by atoms with van der Waals surface area (Å²) in [6.45, 7) is 2.98. The van der Waals surface area contributed by atoms with Gasteiger partial charge in [-0.2, -0.15) is 0 Å². The van der Waals surface area contributed by atoms with Crippen LogP contribution in [0.5, 0.6) is 0 Å². The Morgan fingerprint density at radius 1 is 1.53 bits per heavy atom. The first-order chi connectivity index (χ1) is 9.08. The number of para-hydroxylation sites is 1. The van der Waals surface area contributed by atoms with Gasteiger partial charge in [-0.1, -0.05) is 6.07 Å². The summed E-state index contributed by atoms with van der Waals surface area (Å²) in [6, 6.07) is 6.20. The number of aromatic amines is 1. The van der Waals surface area contributed by atoms with Crippen molar-refractivity contribution in [2.45, 2.75) is 38.4 Å². The topological polar surface area (TPSA) is 24.0 Å². The standard InChI is InChI=1S/C14H18FN3S/c1-9(17(2)10-6-7-10)8-18-12-5-3-4-11(15)13(12)16-14(18)19/h3-5,9-10H,6-8H2,1-2H3,(H,16,19). The predicted molar refractivity (Wildman–Crippen MR) is 77.3 cm³/mol. The maximum absolute atomic E-state index is 13.7. The van der Waals surface area contributed by atoms with Crippen molar-refractivity contribution in [1.82, 2.24) is 14.5 Å². The molecule has 0 bridgehead atoms. The van der Waals surface area contributed by atoms with E-state index in [1.807, 2.05) is 10.6 Å². The molecule has 3 nitrogen and oxygen atoms in total. The van der Waals surface area contributed by atoms with Gasteiger partial charge in [0.15, 0.2) is 4.77 Å². The second kappa shape index (κ2) is 4.72. The lowest BCUT2D eigenvalue weighted by Gasteiger charge is -2.25. The summed E-state index contributed by atoms with van der Waals surface area (Å²) < 4.78 is 16.3. The first-order valence-corrected chi connectivity index (χ1v) is 7.07. The van der Waals surface area contributed by atoms with E-state index in [1.165, 1.54) is 18.9 Å². The van der Waals surface area contributed by atoms with Gasteiger partial charge in [0.25, 0.3) is 0 Å². The molecule has 1 aromatic heterocycles. The van der Waals surface area contributed by atoms with Crippen molar-refractivity contribution in [2.75, 3.05) is 7.05 Å². The third-order valence-corrected chi connectivity index (χ3v) is 4.35. The van der Waals surface area contributed by atoms with E-state index < -0.39 is 0 Å². The van der Waals surface area contributed by atoms with Gasteiger partial charge in [0.1, 0.15) is 11.3 Å². The molecular weight excluding hydrogens is 261 g/mol. The van der Waals surface area contributed by atoms with Crippen molar-refractivity contribution in [3.05, 3.63) is 28.8 Å². The number of imidazole rings is 1. The fraction of sp³-hybridized carbons (Fsp3) is 0.500. The van der Waals surface area contributed by atoms with Gasteiger partial charge in [-0.15, -0.1) is 0 Å². The Morgan fingerprint density at radius 2 is 2.26 bits per heavy atom. The summed E-state index contributed by atoms with van der Waals surface area (Å²) >= 11 is 5.32. The summed E-state index contributed by atoms with van der Waals surface area (Å²) in [5.74, 6) is -0.245. The molecule has 0 radical (unpaired) electrons. The van der Waals surface area contributed by atoms with E-state index in [2.05, 4.69) is 23.9 Å². The maximum atomic E-state index is 13.7. The van der Waals surface area contributed by atoms with Gasteiger partial charge in [0.2, 0.25) is 0 Å². The normalized spacial score (nSPS) is 17.3. The predicted octanol–water partition coefficient (Wildman–Crippen LogP) is 3.32. The van der Waals surface area contributed by atoms with Crippen LogP contribution < -0.4 is 0 Å². The SMILES string of the molecule is CC(Cn1c(=S)[nH]c2c(F)cccc21)N(C)C1CC1. The summed E-state index contributed by atoms with van der Waals surface area (Å²) in [7, 11) is 2.15. The fourth-order valence-corrected chi connectivity index (χ4v) is 2.84. The molecule has 5 heteroatoms. The zero-order valence-corrected chi connectivity index (χ0v) is 12.0. The highest BCUT2D eigenvalue weighted by Crippen LogP contribution is 2.28. The van der Waals surface area contributed by atoms with Crippen LogP contribution in [0.3, 0.4) is 0 Å². The molecule has 0 amide bonds. The van der Waals surface area contributed by atoms with Gasteiger partial charge in [0.05, 0.1) is 5.52 Å². The highest BCUT2D eigenvalue weighted by molar-refractivity contribution is 7.71. The van der Waals surface area contributed by atoms with Gasteiger partial charge in [-0.3, -0.25) is 4.90 Å². The molecule has 1 aliphatic rings. The van der Waals surface area contributed by atoms with Crippen LogP contribution in [0.4, 0.5) is 4.39 Å². The minimum absolute atomic E-state index is 0.245. The van der Waals surface area contributed by atoms with Crippen LogP contribution in [0.25, 0.3) is 11.0 Å². The first kappa shape index (κ1) is 12.8. The van der Waals surface area contributed by atoms with Crippen LogP contribution in [0.2, 0.25) is 0 Å². The van der Waals surface area contributed by atoms with Gasteiger partial charge in [-0.05, 0) is 51.2 Å². The van der Waals surface area contributed by atoms with Gasteiger partial charge in [-0.25, -0.2) is 4.39 Å². The quantitative estimate of drug-likeness (QED) is 0.868. The van der Waals surface area contributed by atoms with Crippen molar-refractivity contribution in [1.29, 1.82) is 0 Å². The number of nitrogens with zero attached hydrogens (tertiary/aromatic N) is 2. The number of benzene rings is 1. The smallest absolute Gasteiger partial charge is 0.178 e. The Kier molecular flexibility index (Phi) is 3.19. The maximum Gasteiger partial charge on any atom is 0.178 e. The van der Waals surface area contributed by atoms with Crippen LogP contribution in [0, 0.1) is 10.6 Å². The van der Waals surface area contributed by atoms with Crippen molar-refractivity contribution >= 4 is 23.3 Å². The van der Waals surface area contributed by atoms with Gasteiger partial charge >= 0.3 is 0 Å². The number of aromatic nitrogens is 2. The van der Waals surface area contributed by atoms with E-state index in [9.17, 15) is 4.39 Å². The molecule has 0 spiro atoms. The lowest BCUT2D eigenvalue weighted by molar-refractivity contribution is 0.226. The van der Waals surface area contributed by atoms with Crippen LogP contribution in [0.15, 0.2) is 18.2 Å². The van der Waals surface area contributed by atoms with E-state index in [1.54, 1.807) is 6.07 Å². The molecule has 19 heavy (non-hydrogen) atoms. The molecule has 1 unspecified atom stereocenters. The summed E-state index contributed by atoms with van der Waals surface area (Å²) in [5.41, 5.74) is 1.36. The van der Waals surface area contributed by atoms with E-state index in [-0.39, 0.29) is 5.82 Å². The summed E-state index contributed by atoms with van der Waals surface area (Å²) in [4.78, 5) is 5.36. The number of likely N-dealkylation sites (N-methyl/N-ethyl adjacent to an activating group) is 1. The highest BCUT2D eigenvalue weighted by Gasteiger charge is 2.29. The number of hydrogen-bond donors (Lipinski definition) is 1. The van der Waals surface area contributed by atoms with Crippen molar-refractivity contribution in [3.63, 3.8) is 0 Å². The van der Waals surface area contributed by atoms with E-state index >= 15 is 0 Å². The Bertz CT molecular complexity index is 656. The third kappa shape index (κ3) is 2.32. The lowest BCUT2D eigenvalue weighted by Crippen LogP contribution is -2.34. The number of fused-ring (bicyclic) bond motifs is 1. The molecule has 1 heterocycles. The number of rotatable bonds is 4. The fourth-order valence-electron chi connectivity index (χ4n) is 2.56. The van der Waals surface area contributed by atoms with E-state index in [0.717, 1.165) is 12.1 Å². The average molecular weight is 279 g/mol. The number of halogens is 1. The molecule has 1 saturated carbocycles. The van der Waals surface area contributed by atoms with E-state index in [4.69, 9.17) is 12.2 Å². The van der Waals surface area contributed by atoms with Crippen molar-refractivity contribution in [2.24, 2.45) is 0 Å². The molecule has 1 aliphatic carbocycles. The zero-order valence-electron chi connectivity index (χ0n) is 11.2. The lowest BCUT2D eigenvalue weighted by atomic mass is 10.2. The number of H-pyrrole nitrogens is 1. The molecule has 1 fully saturated rings. The molecule has 1 N–H and O–H groups in total. The molecule has 2 aromatic rings. The molecule has 0 saturated heterocycles. The molecule has 1 atom stereocenters. The molecule has 102 valence electrons. The van der Waals surface area contributed by atoms with Crippen LogP contribution in [-0.4, -0.2) is 33.6 Å². The average Bonchev–Trinajstić information content (AvgIpc) is 3.17. The Balaban J connectivity index is 1.94. The molecule has 0 aliphatic heterocycles. The Hall–Kier alpha value is -1.20. The van der Waals surface area contributed by atoms with Crippen molar-refractivity contribution < 1.29 is 4.39 Å². The monoisotopic (exact) mass is 279 g/mol. The number of nitrogens with one attached hydrogen (secondary N) is 1. The Morgan fingerprint density at radius 3 is 2.95 bits per heavy atom. The second-order valence-corrected chi connectivity index (χ2v) is 5.81. The van der Waals surface area contributed by atoms with Crippen molar-refractivity contribution in [3.8, 4) is 0 Å².